The third-order valence-corrected chi connectivity index (χ3v) is 3.43. The van der Waals surface area contributed by atoms with Gasteiger partial charge in [-0.3, -0.25) is 4.79 Å². The number of hydrogen-bond acceptors (Lipinski definition) is 5. The molecule has 1 N–H and O–H groups in total. The molecule has 18 heavy (non-hydrogen) atoms. The summed E-state index contributed by atoms with van der Waals surface area (Å²) in [7, 11) is 1.43. The summed E-state index contributed by atoms with van der Waals surface area (Å²) in [6, 6.07) is 0.277. The molecule has 2 fully saturated rings. The van der Waals surface area contributed by atoms with Gasteiger partial charge in [-0.25, -0.2) is 0 Å². The fourth-order valence-corrected chi connectivity index (χ4v) is 2.14. The standard InChI is InChI=1S/C13H23NO4/c1-16-13(15)12(14-10-2-3-10)6-9-18-11-4-7-17-8-5-11/h10-12,14H,2-9H2,1H3. The van der Waals surface area contributed by atoms with Gasteiger partial charge in [0.05, 0.1) is 13.2 Å². The molecule has 104 valence electrons. The molecule has 1 unspecified atom stereocenters. The molecule has 0 aromatic carbocycles. The number of nitrogens with one attached hydrogen (secondary N) is 1. The minimum absolute atomic E-state index is 0.183. The second kappa shape index (κ2) is 7.07. The van der Waals surface area contributed by atoms with Crippen molar-refractivity contribution in [1.82, 2.24) is 5.32 Å². The van der Waals surface area contributed by atoms with Crippen LogP contribution in [-0.2, 0) is 19.0 Å². The molecule has 1 atom stereocenters. The Balaban J connectivity index is 1.65. The van der Waals surface area contributed by atoms with Gasteiger partial charge in [0.1, 0.15) is 6.04 Å². The van der Waals surface area contributed by atoms with Gasteiger partial charge < -0.3 is 19.5 Å². The quantitative estimate of drug-likeness (QED) is 0.686. The van der Waals surface area contributed by atoms with Crippen molar-refractivity contribution in [3.63, 3.8) is 0 Å². The Morgan fingerprint density at radius 1 is 1.33 bits per heavy atom. The minimum Gasteiger partial charge on any atom is -0.468 e. The van der Waals surface area contributed by atoms with Gasteiger partial charge in [-0.1, -0.05) is 0 Å². The zero-order valence-electron chi connectivity index (χ0n) is 11.0. The molecule has 1 saturated carbocycles. The van der Waals surface area contributed by atoms with Crippen LogP contribution in [-0.4, -0.2) is 51.1 Å². The predicted octanol–water partition coefficient (Wildman–Crippen LogP) is 0.866. The summed E-state index contributed by atoms with van der Waals surface area (Å²) < 4.78 is 15.9. The lowest BCUT2D eigenvalue weighted by Gasteiger charge is -2.23. The van der Waals surface area contributed by atoms with E-state index in [1.54, 1.807) is 0 Å². The van der Waals surface area contributed by atoms with Crippen molar-refractivity contribution < 1.29 is 19.0 Å². The average molecular weight is 257 g/mol. The van der Waals surface area contributed by atoms with Crippen LogP contribution in [0.25, 0.3) is 0 Å². The number of carbonyl (C=O) groups excluding carboxylic acids is 1. The summed E-state index contributed by atoms with van der Waals surface area (Å²) >= 11 is 0. The van der Waals surface area contributed by atoms with E-state index in [2.05, 4.69) is 5.32 Å². The van der Waals surface area contributed by atoms with E-state index in [1.165, 1.54) is 7.11 Å². The number of methoxy groups -OCH3 is 1. The Labute approximate surface area is 108 Å². The van der Waals surface area contributed by atoms with Crippen molar-refractivity contribution in [2.75, 3.05) is 26.9 Å². The fraction of sp³-hybridized carbons (Fsp3) is 0.923. The van der Waals surface area contributed by atoms with Crippen molar-refractivity contribution in [3.05, 3.63) is 0 Å². The van der Waals surface area contributed by atoms with Gasteiger partial charge in [0, 0.05) is 25.9 Å². The highest BCUT2D eigenvalue weighted by Crippen LogP contribution is 2.20. The van der Waals surface area contributed by atoms with Crippen LogP contribution in [0.15, 0.2) is 0 Å². The summed E-state index contributed by atoms with van der Waals surface area (Å²) in [6.07, 6.45) is 5.21. The molecule has 5 nitrogen and oxygen atoms in total. The van der Waals surface area contributed by atoms with Crippen molar-refractivity contribution in [1.29, 1.82) is 0 Å². The molecule has 0 bridgehead atoms. The maximum Gasteiger partial charge on any atom is 0.322 e. The van der Waals surface area contributed by atoms with Gasteiger partial charge in [-0.15, -0.1) is 0 Å². The largest absolute Gasteiger partial charge is 0.468 e. The SMILES string of the molecule is COC(=O)C(CCOC1CCOCC1)NC1CC1. The van der Waals surface area contributed by atoms with E-state index in [4.69, 9.17) is 14.2 Å². The first kappa shape index (κ1) is 13.8. The first-order valence-electron chi connectivity index (χ1n) is 6.83. The van der Waals surface area contributed by atoms with Gasteiger partial charge >= 0.3 is 5.97 Å². The van der Waals surface area contributed by atoms with Crippen LogP contribution in [0.4, 0.5) is 0 Å². The summed E-state index contributed by atoms with van der Waals surface area (Å²) in [5, 5.41) is 3.30. The zero-order valence-corrected chi connectivity index (χ0v) is 11.0. The molecule has 1 saturated heterocycles. The molecule has 2 aliphatic rings. The smallest absolute Gasteiger partial charge is 0.322 e. The van der Waals surface area contributed by atoms with Gasteiger partial charge in [0.25, 0.3) is 0 Å². The number of esters is 1. The highest BCUT2D eigenvalue weighted by molar-refractivity contribution is 5.75. The Bertz CT molecular complexity index is 262. The molecular weight excluding hydrogens is 234 g/mol. The van der Waals surface area contributed by atoms with Crippen molar-refractivity contribution in [2.45, 2.75) is 50.3 Å². The van der Waals surface area contributed by atoms with Crippen LogP contribution in [0, 0.1) is 0 Å². The molecule has 0 radical (unpaired) electrons. The third-order valence-electron chi connectivity index (χ3n) is 3.43. The lowest BCUT2D eigenvalue weighted by molar-refractivity contribution is -0.144. The van der Waals surface area contributed by atoms with Crippen molar-refractivity contribution >= 4 is 5.97 Å². The predicted molar refractivity (Wildman–Crippen MR) is 66.4 cm³/mol. The second-order valence-electron chi connectivity index (χ2n) is 4.99. The van der Waals surface area contributed by atoms with Gasteiger partial charge in [0.15, 0.2) is 0 Å². The molecule has 0 aromatic rings. The highest BCUT2D eigenvalue weighted by atomic mass is 16.5. The van der Waals surface area contributed by atoms with E-state index in [9.17, 15) is 4.79 Å². The molecule has 0 aromatic heterocycles. The monoisotopic (exact) mass is 257 g/mol. The van der Waals surface area contributed by atoms with Crippen LogP contribution in [0.5, 0.6) is 0 Å². The molecule has 5 heteroatoms. The van der Waals surface area contributed by atoms with Crippen molar-refractivity contribution in [3.8, 4) is 0 Å². The van der Waals surface area contributed by atoms with Crippen molar-refractivity contribution in [2.24, 2.45) is 0 Å². The molecule has 2 rings (SSSR count). The first-order valence-corrected chi connectivity index (χ1v) is 6.83. The first-order chi connectivity index (χ1) is 8.79. The topological polar surface area (TPSA) is 56.8 Å². The van der Waals surface area contributed by atoms with E-state index in [1.807, 2.05) is 0 Å². The van der Waals surface area contributed by atoms with E-state index >= 15 is 0 Å². The van der Waals surface area contributed by atoms with E-state index in [-0.39, 0.29) is 18.1 Å². The van der Waals surface area contributed by atoms with Gasteiger partial charge in [0.2, 0.25) is 0 Å². The Hall–Kier alpha value is -0.650. The van der Waals surface area contributed by atoms with Crippen LogP contribution in [0.3, 0.4) is 0 Å². The maximum absolute atomic E-state index is 11.6. The van der Waals surface area contributed by atoms with E-state index in [0.29, 0.717) is 19.1 Å². The van der Waals surface area contributed by atoms with Crippen LogP contribution in [0.1, 0.15) is 32.1 Å². The molecule has 0 spiro atoms. The summed E-state index contributed by atoms with van der Waals surface area (Å²) in [6.45, 7) is 2.17. The highest BCUT2D eigenvalue weighted by Gasteiger charge is 2.29. The summed E-state index contributed by atoms with van der Waals surface area (Å²) in [5.74, 6) is -0.183. The zero-order chi connectivity index (χ0) is 12.8. The normalized spacial score (nSPS) is 22.7. The third kappa shape index (κ3) is 4.55. The maximum atomic E-state index is 11.6. The number of hydrogen-bond donors (Lipinski definition) is 1. The van der Waals surface area contributed by atoms with Crippen LogP contribution in [0.2, 0.25) is 0 Å². The molecule has 0 amide bonds. The lowest BCUT2D eigenvalue weighted by atomic mass is 10.1. The molecule has 1 heterocycles. The number of carbonyl (C=O) groups is 1. The van der Waals surface area contributed by atoms with E-state index < -0.39 is 0 Å². The minimum atomic E-state index is -0.220. The fourth-order valence-electron chi connectivity index (χ4n) is 2.14. The average Bonchev–Trinajstić information content (AvgIpc) is 3.22. The number of ether oxygens (including phenoxy) is 3. The Kier molecular flexibility index (Phi) is 5.41. The van der Waals surface area contributed by atoms with Gasteiger partial charge in [-0.2, -0.15) is 0 Å². The molecular formula is C13H23NO4. The van der Waals surface area contributed by atoms with Crippen LogP contribution < -0.4 is 5.32 Å². The summed E-state index contributed by atoms with van der Waals surface area (Å²) in [5.41, 5.74) is 0. The Morgan fingerprint density at radius 3 is 2.67 bits per heavy atom. The van der Waals surface area contributed by atoms with Crippen LogP contribution >= 0.6 is 0 Å². The second-order valence-corrected chi connectivity index (χ2v) is 4.99. The number of rotatable bonds is 7. The summed E-state index contributed by atoms with van der Waals surface area (Å²) in [4.78, 5) is 11.6. The molecule has 1 aliphatic carbocycles. The Morgan fingerprint density at radius 2 is 2.06 bits per heavy atom. The van der Waals surface area contributed by atoms with E-state index in [0.717, 1.165) is 38.9 Å². The lowest BCUT2D eigenvalue weighted by Crippen LogP contribution is -2.40. The van der Waals surface area contributed by atoms with Gasteiger partial charge in [-0.05, 0) is 32.1 Å². The molecule has 1 aliphatic heterocycles.